The van der Waals surface area contributed by atoms with Crippen molar-refractivity contribution in [3.8, 4) is 0 Å². The Hall–Kier alpha value is -1.09. The molecule has 0 fully saturated rings. The molecule has 3 nitrogen and oxygen atoms in total. The smallest absolute Gasteiger partial charge is 0.160 e. The van der Waals surface area contributed by atoms with Gasteiger partial charge in [-0.1, -0.05) is 20.3 Å². The molecule has 0 spiro atoms. The summed E-state index contributed by atoms with van der Waals surface area (Å²) in [7, 11) is 0. The molecule has 2 rings (SSSR count). The number of pyridine rings is 1. The number of aryl methyl sites for hydroxylation is 1. The predicted octanol–water partition coefficient (Wildman–Crippen LogP) is 3.52. The van der Waals surface area contributed by atoms with Gasteiger partial charge in [-0.15, -0.1) is 11.6 Å². The molecule has 4 heteroatoms. The van der Waals surface area contributed by atoms with Gasteiger partial charge in [0.25, 0.3) is 0 Å². The molecule has 17 heavy (non-hydrogen) atoms. The summed E-state index contributed by atoms with van der Waals surface area (Å²) >= 11 is 5.97. The van der Waals surface area contributed by atoms with Crippen LogP contribution in [0.15, 0.2) is 12.3 Å². The first kappa shape index (κ1) is 12.4. The second-order valence-corrected chi connectivity index (χ2v) is 4.85. The Kier molecular flexibility index (Phi) is 3.67. The predicted molar refractivity (Wildman–Crippen MR) is 71.3 cm³/mol. The maximum absolute atomic E-state index is 5.97. The van der Waals surface area contributed by atoms with Crippen molar-refractivity contribution in [3.63, 3.8) is 0 Å². The standard InChI is InChI=1S/C13H18ClN3/c1-4-9(2)8-17-11(7-14)16-12-10(3)5-6-15-13(12)17/h5-6,9H,4,7-8H2,1-3H3. The number of fused-ring (bicyclic) bond motifs is 1. The highest BCUT2D eigenvalue weighted by atomic mass is 35.5. The Morgan fingerprint density at radius 3 is 2.88 bits per heavy atom. The largest absolute Gasteiger partial charge is 0.311 e. The molecule has 0 aromatic carbocycles. The normalized spacial score (nSPS) is 13.2. The third-order valence-electron chi connectivity index (χ3n) is 3.23. The van der Waals surface area contributed by atoms with Gasteiger partial charge in [0.1, 0.15) is 11.3 Å². The molecule has 0 N–H and O–H groups in total. The number of rotatable bonds is 4. The van der Waals surface area contributed by atoms with Crippen molar-refractivity contribution in [2.45, 2.75) is 39.6 Å². The van der Waals surface area contributed by atoms with Crippen molar-refractivity contribution in [3.05, 3.63) is 23.7 Å². The van der Waals surface area contributed by atoms with Crippen LogP contribution in [0.3, 0.4) is 0 Å². The van der Waals surface area contributed by atoms with Crippen molar-refractivity contribution in [2.24, 2.45) is 5.92 Å². The quantitative estimate of drug-likeness (QED) is 0.779. The summed E-state index contributed by atoms with van der Waals surface area (Å²) in [5, 5.41) is 0. The lowest BCUT2D eigenvalue weighted by Gasteiger charge is -2.12. The van der Waals surface area contributed by atoms with Crippen LogP contribution in [0.25, 0.3) is 11.2 Å². The molecule has 0 saturated carbocycles. The minimum atomic E-state index is 0.437. The fraction of sp³-hybridized carbons (Fsp3) is 0.538. The van der Waals surface area contributed by atoms with Gasteiger partial charge in [0.05, 0.1) is 5.88 Å². The summed E-state index contributed by atoms with van der Waals surface area (Å²) in [5.74, 6) is 1.96. The molecule has 0 bridgehead atoms. The number of alkyl halides is 1. The molecule has 1 atom stereocenters. The Bertz CT molecular complexity index is 519. The Morgan fingerprint density at radius 1 is 1.47 bits per heavy atom. The molecule has 0 aliphatic heterocycles. The van der Waals surface area contributed by atoms with Crippen molar-refractivity contribution in [2.75, 3.05) is 0 Å². The molecule has 2 aromatic heterocycles. The molecule has 92 valence electrons. The van der Waals surface area contributed by atoms with Gasteiger partial charge in [0, 0.05) is 12.7 Å². The lowest BCUT2D eigenvalue weighted by atomic mass is 10.1. The van der Waals surface area contributed by atoms with Gasteiger partial charge in [0.2, 0.25) is 0 Å². The van der Waals surface area contributed by atoms with E-state index in [2.05, 4.69) is 35.3 Å². The van der Waals surface area contributed by atoms with Crippen LogP contribution in [-0.2, 0) is 12.4 Å². The van der Waals surface area contributed by atoms with Gasteiger partial charge in [-0.05, 0) is 24.5 Å². The van der Waals surface area contributed by atoms with Gasteiger partial charge < -0.3 is 4.57 Å². The van der Waals surface area contributed by atoms with E-state index in [1.54, 1.807) is 0 Å². The minimum absolute atomic E-state index is 0.437. The molecule has 0 amide bonds. The Balaban J connectivity index is 2.55. The zero-order valence-corrected chi connectivity index (χ0v) is 11.3. The monoisotopic (exact) mass is 251 g/mol. The molecule has 2 aromatic rings. The van der Waals surface area contributed by atoms with Crippen molar-refractivity contribution < 1.29 is 0 Å². The van der Waals surface area contributed by atoms with Crippen LogP contribution >= 0.6 is 11.6 Å². The Morgan fingerprint density at radius 2 is 2.24 bits per heavy atom. The Labute approximate surface area is 107 Å². The van der Waals surface area contributed by atoms with Crippen molar-refractivity contribution in [1.82, 2.24) is 14.5 Å². The maximum Gasteiger partial charge on any atom is 0.160 e. The van der Waals surface area contributed by atoms with Gasteiger partial charge >= 0.3 is 0 Å². The van der Waals surface area contributed by atoms with E-state index >= 15 is 0 Å². The summed E-state index contributed by atoms with van der Waals surface area (Å²) in [6.07, 6.45) is 2.98. The van der Waals surface area contributed by atoms with E-state index in [1.807, 2.05) is 12.3 Å². The average Bonchev–Trinajstić information content (AvgIpc) is 2.69. The van der Waals surface area contributed by atoms with E-state index in [-0.39, 0.29) is 0 Å². The topological polar surface area (TPSA) is 30.7 Å². The fourth-order valence-electron chi connectivity index (χ4n) is 1.92. The summed E-state index contributed by atoms with van der Waals surface area (Å²) in [6, 6.07) is 1.99. The molecule has 0 aliphatic rings. The summed E-state index contributed by atoms with van der Waals surface area (Å²) < 4.78 is 2.16. The van der Waals surface area contributed by atoms with E-state index in [9.17, 15) is 0 Å². The van der Waals surface area contributed by atoms with Crippen LogP contribution in [0.5, 0.6) is 0 Å². The summed E-state index contributed by atoms with van der Waals surface area (Å²) in [6.45, 7) is 7.43. The number of nitrogens with zero attached hydrogens (tertiary/aromatic N) is 3. The first-order chi connectivity index (χ1) is 8.17. The van der Waals surface area contributed by atoms with Crippen LogP contribution in [0.4, 0.5) is 0 Å². The molecular formula is C13H18ClN3. The number of aromatic nitrogens is 3. The highest BCUT2D eigenvalue weighted by Crippen LogP contribution is 2.20. The van der Waals surface area contributed by atoms with Crippen LogP contribution in [0.2, 0.25) is 0 Å². The van der Waals surface area contributed by atoms with Gasteiger partial charge in [-0.2, -0.15) is 0 Å². The second-order valence-electron chi connectivity index (χ2n) is 4.59. The van der Waals surface area contributed by atoms with Crippen LogP contribution < -0.4 is 0 Å². The number of hydrogen-bond acceptors (Lipinski definition) is 2. The van der Waals surface area contributed by atoms with Crippen LogP contribution in [0.1, 0.15) is 31.7 Å². The van der Waals surface area contributed by atoms with Crippen LogP contribution in [-0.4, -0.2) is 14.5 Å². The van der Waals surface area contributed by atoms with Crippen molar-refractivity contribution >= 4 is 22.8 Å². The molecule has 0 radical (unpaired) electrons. The first-order valence-corrected chi connectivity index (χ1v) is 6.57. The van der Waals surface area contributed by atoms with Gasteiger partial charge in [0.15, 0.2) is 5.65 Å². The number of halogens is 1. The lowest BCUT2D eigenvalue weighted by Crippen LogP contribution is -2.10. The highest BCUT2D eigenvalue weighted by molar-refractivity contribution is 6.16. The van der Waals surface area contributed by atoms with E-state index in [0.717, 1.165) is 35.5 Å². The third kappa shape index (κ3) is 2.29. The third-order valence-corrected chi connectivity index (χ3v) is 3.46. The van der Waals surface area contributed by atoms with Crippen LogP contribution in [0, 0.1) is 12.8 Å². The minimum Gasteiger partial charge on any atom is -0.311 e. The number of imidazole rings is 1. The second kappa shape index (κ2) is 5.05. The SMILES string of the molecule is CCC(C)Cn1c(CCl)nc2c(C)ccnc21. The molecule has 0 saturated heterocycles. The fourth-order valence-corrected chi connectivity index (χ4v) is 2.12. The molecule has 1 unspecified atom stereocenters. The van der Waals surface area contributed by atoms with Gasteiger partial charge in [-0.25, -0.2) is 9.97 Å². The van der Waals surface area contributed by atoms with Crippen molar-refractivity contribution in [1.29, 1.82) is 0 Å². The molecular weight excluding hydrogens is 234 g/mol. The molecule has 0 aliphatic carbocycles. The van der Waals surface area contributed by atoms with Gasteiger partial charge in [-0.3, -0.25) is 0 Å². The van der Waals surface area contributed by atoms with E-state index in [4.69, 9.17) is 11.6 Å². The van der Waals surface area contributed by atoms with E-state index < -0.39 is 0 Å². The summed E-state index contributed by atoms with van der Waals surface area (Å²) in [5.41, 5.74) is 3.09. The molecule has 2 heterocycles. The number of hydrogen-bond donors (Lipinski definition) is 0. The first-order valence-electron chi connectivity index (χ1n) is 6.04. The highest BCUT2D eigenvalue weighted by Gasteiger charge is 2.14. The average molecular weight is 252 g/mol. The van der Waals surface area contributed by atoms with E-state index in [0.29, 0.717) is 11.8 Å². The zero-order chi connectivity index (χ0) is 12.4. The summed E-state index contributed by atoms with van der Waals surface area (Å²) in [4.78, 5) is 9.03. The maximum atomic E-state index is 5.97. The van der Waals surface area contributed by atoms with E-state index in [1.165, 1.54) is 0 Å². The lowest BCUT2D eigenvalue weighted by molar-refractivity contribution is 0.467. The zero-order valence-electron chi connectivity index (χ0n) is 10.6.